The van der Waals surface area contributed by atoms with E-state index in [9.17, 15) is 4.79 Å². The molecule has 0 saturated carbocycles. The lowest BCUT2D eigenvalue weighted by atomic mass is 10.1. The van der Waals surface area contributed by atoms with Gasteiger partial charge in [-0.15, -0.1) is 0 Å². The normalized spacial score (nSPS) is 16.2. The summed E-state index contributed by atoms with van der Waals surface area (Å²) in [4.78, 5) is 19.8. The molecule has 3 aromatic carbocycles. The lowest BCUT2D eigenvalue weighted by Crippen LogP contribution is -2.25. The number of methoxy groups -OCH3 is 1. The first kappa shape index (κ1) is 20.6. The van der Waals surface area contributed by atoms with Crippen LogP contribution in [0.3, 0.4) is 0 Å². The van der Waals surface area contributed by atoms with Crippen molar-refractivity contribution in [1.82, 2.24) is 9.55 Å². The predicted octanol–water partition coefficient (Wildman–Crippen LogP) is 5.58. The maximum Gasteiger partial charge on any atom is 0.227 e. The number of aromatic nitrogens is 2. The van der Waals surface area contributed by atoms with Crippen molar-refractivity contribution in [3.63, 3.8) is 0 Å². The van der Waals surface area contributed by atoms with Crippen LogP contribution in [0.5, 0.6) is 5.75 Å². The molecule has 0 bridgehead atoms. The lowest BCUT2D eigenvalue weighted by Gasteiger charge is -2.20. The van der Waals surface area contributed by atoms with Gasteiger partial charge in [0, 0.05) is 30.5 Å². The smallest absolute Gasteiger partial charge is 0.227 e. The Bertz CT molecular complexity index is 1300. The maximum absolute atomic E-state index is 13.1. The summed E-state index contributed by atoms with van der Waals surface area (Å²) in [6, 6.07) is 22.0. The Morgan fingerprint density at radius 3 is 2.66 bits per heavy atom. The van der Waals surface area contributed by atoms with E-state index >= 15 is 0 Å². The van der Waals surface area contributed by atoms with Crippen molar-refractivity contribution in [3.8, 4) is 5.75 Å². The number of hydrogen-bond donors (Lipinski definition) is 0. The minimum Gasteiger partial charge on any atom is -0.495 e. The number of halogens is 1. The van der Waals surface area contributed by atoms with Gasteiger partial charge < -0.3 is 14.2 Å². The highest BCUT2D eigenvalue weighted by Gasteiger charge is 2.36. The van der Waals surface area contributed by atoms with Gasteiger partial charge in [-0.25, -0.2) is 4.98 Å². The standard InChI is InChI=1S/C26H24ClN3O2/c1-17-7-9-18(10-8-17)15-30-22-6-4-3-5-21(22)28-26(30)19-13-25(31)29(16-19)23-14-20(27)11-12-24(23)32-2/h3-12,14,19H,13,15-16H2,1-2H3/t19-/m1/s1. The number of carbonyl (C=O) groups is 1. The Balaban J connectivity index is 1.53. The van der Waals surface area contributed by atoms with E-state index in [1.165, 1.54) is 11.1 Å². The van der Waals surface area contributed by atoms with Crippen LogP contribution in [0.25, 0.3) is 11.0 Å². The Kier molecular flexibility index (Phi) is 5.35. The zero-order chi connectivity index (χ0) is 22.2. The van der Waals surface area contributed by atoms with Crippen LogP contribution < -0.4 is 9.64 Å². The number of rotatable bonds is 5. The van der Waals surface area contributed by atoms with Crippen LogP contribution in [0.1, 0.15) is 29.3 Å². The van der Waals surface area contributed by atoms with Crippen LogP contribution in [-0.4, -0.2) is 29.1 Å². The fourth-order valence-electron chi connectivity index (χ4n) is 4.44. The topological polar surface area (TPSA) is 47.4 Å². The number of nitrogens with zero attached hydrogens (tertiary/aromatic N) is 3. The number of anilines is 1. The average molecular weight is 446 g/mol. The average Bonchev–Trinajstić information content (AvgIpc) is 3.36. The van der Waals surface area contributed by atoms with E-state index in [4.69, 9.17) is 21.3 Å². The minimum absolute atomic E-state index is 0.0240. The summed E-state index contributed by atoms with van der Waals surface area (Å²) in [7, 11) is 1.60. The van der Waals surface area contributed by atoms with Gasteiger partial charge in [0.2, 0.25) is 5.91 Å². The number of benzene rings is 3. The molecule has 0 spiro atoms. The van der Waals surface area contributed by atoms with Crippen molar-refractivity contribution in [2.24, 2.45) is 0 Å². The fourth-order valence-corrected chi connectivity index (χ4v) is 4.60. The van der Waals surface area contributed by atoms with Gasteiger partial charge in [0.05, 0.1) is 23.8 Å². The van der Waals surface area contributed by atoms with E-state index in [1.807, 2.05) is 18.2 Å². The number of amides is 1. The molecule has 6 heteroatoms. The van der Waals surface area contributed by atoms with Crippen LogP contribution in [0.4, 0.5) is 5.69 Å². The van der Waals surface area contributed by atoms with Gasteiger partial charge in [-0.2, -0.15) is 0 Å². The predicted molar refractivity (Wildman–Crippen MR) is 128 cm³/mol. The largest absolute Gasteiger partial charge is 0.495 e. The first-order valence-corrected chi connectivity index (χ1v) is 11.1. The molecule has 0 radical (unpaired) electrons. The summed E-state index contributed by atoms with van der Waals surface area (Å²) < 4.78 is 7.74. The third kappa shape index (κ3) is 3.73. The molecule has 1 amide bonds. The Labute approximate surface area is 192 Å². The number of para-hydroxylation sites is 2. The molecule has 4 aromatic rings. The number of aryl methyl sites for hydroxylation is 1. The monoisotopic (exact) mass is 445 g/mol. The second-order valence-electron chi connectivity index (χ2n) is 8.25. The van der Waals surface area contributed by atoms with Crippen molar-refractivity contribution in [2.45, 2.75) is 25.8 Å². The first-order chi connectivity index (χ1) is 15.5. The molecule has 1 saturated heterocycles. The quantitative estimate of drug-likeness (QED) is 0.403. The van der Waals surface area contributed by atoms with Crippen LogP contribution >= 0.6 is 11.6 Å². The SMILES string of the molecule is COc1ccc(Cl)cc1N1C[C@H](c2nc3ccccc3n2Cc2ccc(C)cc2)CC1=O. The molecule has 1 fully saturated rings. The Morgan fingerprint density at radius 1 is 1.09 bits per heavy atom. The van der Waals surface area contributed by atoms with Crippen LogP contribution in [0.15, 0.2) is 66.7 Å². The van der Waals surface area contributed by atoms with E-state index in [-0.39, 0.29) is 11.8 Å². The molecule has 1 atom stereocenters. The fraction of sp³-hybridized carbons (Fsp3) is 0.231. The number of carbonyl (C=O) groups excluding carboxylic acids is 1. The summed E-state index contributed by atoms with van der Waals surface area (Å²) >= 11 is 6.22. The summed E-state index contributed by atoms with van der Waals surface area (Å²) in [5, 5.41) is 0.573. The number of ether oxygens (including phenoxy) is 1. The van der Waals surface area contributed by atoms with E-state index in [1.54, 1.807) is 30.2 Å². The molecule has 0 aliphatic carbocycles. The van der Waals surface area contributed by atoms with E-state index in [0.29, 0.717) is 36.0 Å². The molecule has 0 unspecified atom stereocenters. The Morgan fingerprint density at radius 2 is 1.88 bits per heavy atom. The summed E-state index contributed by atoms with van der Waals surface area (Å²) in [5.74, 6) is 1.59. The van der Waals surface area contributed by atoms with Crippen LogP contribution in [0.2, 0.25) is 5.02 Å². The molecule has 1 aromatic heterocycles. The van der Waals surface area contributed by atoms with Gasteiger partial charge in [0.15, 0.2) is 0 Å². The van der Waals surface area contributed by atoms with Gasteiger partial charge in [-0.05, 0) is 42.8 Å². The Hall–Kier alpha value is -3.31. The third-order valence-corrected chi connectivity index (χ3v) is 6.30. The molecule has 1 aliphatic rings. The highest BCUT2D eigenvalue weighted by atomic mass is 35.5. The van der Waals surface area contributed by atoms with Crippen molar-refractivity contribution >= 4 is 34.2 Å². The second kappa shape index (κ2) is 8.32. The highest BCUT2D eigenvalue weighted by molar-refractivity contribution is 6.31. The zero-order valence-corrected chi connectivity index (χ0v) is 18.8. The highest BCUT2D eigenvalue weighted by Crippen LogP contribution is 2.38. The summed E-state index contributed by atoms with van der Waals surface area (Å²) in [6.07, 6.45) is 0.396. The van der Waals surface area contributed by atoms with Crippen LogP contribution in [-0.2, 0) is 11.3 Å². The molecular weight excluding hydrogens is 422 g/mol. The van der Waals surface area contributed by atoms with Gasteiger partial charge in [-0.1, -0.05) is 53.6 Å². The minimum atomic E-state index is -0.0240. The van der Waals surface area contributed by atoms with Gasteiger partial charge in [0.1, 0.15) is 11.6 Å². The van der Waals surface area contributed by atoms with Crippen molar-refractivity contribution in [2.75, 3.05) is 18.6 Å². The molecule has 2 heterocycles. The third-order valence-electron chi connectivity index (χ3n) is 6.07. The van der Waals surface area contributed by atoms with Gasteiger partial charge in [-0.3, -0.25) is 4.79 Å². The lowest BCUT2D eigenvalue weighted by molar-refractivity contribution is -0.117. The van der Waals surface area contributed by atoms with E-state index in [2.05, 4.69) is 41.8 Å². The number of imidazole rings is 1. The molecule has 0 N–H and O–H groups in total. The molecule has 5 nitrogen and oxygen atoms in total. The number of hydrogen-bond acceptors (Lipinski definition) is 3. The molecule has 32 heavy (non-hydrogen) atoms. The molecule has 162 valence electrons. The molecule has 5 rings (SSSR count). The van der Waals surface area contributed by atoms with E-state index in [0.717, 1.165) is 16.9 Å². The van der Waals surface area contributed by atoms with Crippen molar-refractivity contribution < 1.29 is 9.53 Å². The van der Waals surface area contributed by atoms with Crippen molar-refractivity contribution in [1.29, 1.82) is 0 Å². The maximum atomic E-state index is 13.1. The zero-order valence-electron chi connectivity index (χ0n) is 18.1. The summed E-state index contributed by atoms with van der Waals surface area (Å²) in [6.45, 7) is 3.33. The summed E-state index contributed by atoms with van der Waals surface area (Å²) in [5.41, 5.74) is 5.17. The van der Waals surface area contributed by atoms with Crippen molar-refractivity contribution in [3.05, 3.63) is 88.7 Å². The van der Waals surface area contributed by atoms with Gasteiger partial charge in [0.25, 0.3) is 0 Å². The van der Waals surface area contributed by atoms with Crippen LogP contribution in [0, 0.1) is 6.92 Å². The molecule has 1 aliphatic heterocycles. The van der Waals surface area contributed by atoms with E-state index < -0.39 is 0 Å². The first-order valence-electron chi connectivity index (χ1n) is 10.7. The number of fused-ring (bicyclic) bond motifs is 1. The molecular formula is C26H24ClN3O2. The second-order valence-corrected chi connectivity index (χ2v) is 8.69. The van der Waals surface area contributed by atoms with Gasteiger partial charge >= 0.3 is 0 Å².